The van der Waals surface area contributed by atoms with Crippen molar-refractivity contribution in [2.75, 3.05) is 30.8 Å². The Bertz CT molecular complexity index is 472. The molecule has 1 aromatic rings. The third kappa shape index (κ3) is 3.31. The minimum absolute atomic E-state index is 0.0133. The number of pyridine rings is 1. The second-order valence-electron chi connectivity index (χ2n) is 4.86. The van der Waals surface area contributed by atoms with Crippen molar-refractivity contribution in [3.63, 3.8) is 0 Å². The number of nitrogens with one attached hydrogen (secondary N) is 2. The third-order valence-electron chi connectivity index (χ3n) is 3.22. The van der Waals surface area contributed by atoms with E-state index in [9.17, 15) is 10.1 Å². The molecule has 0 radical (unpaired) electrons. The summed E-state index contributed by atoms with van der Waals surface area (Å²) in [6, 6.07) is 2.83. The first-order valence-corrected chi connectivity index (χ1v) is 6.24. The van der Waals surface area contributed by atoms with Gasteiger partial charge in [0.2, 0.25) is 0 Å². The van der Waals surface area contributed by atoms with Crippen LogP contribution in [0.1, 0.15) is 19.8 Å². The molecule has 2 heterocycles. The fraction of sp³-hybridized carbons (Fsp3) is 0.583. The summed E-state index contributed by atoms with van der Waals surface area (Å²) in [5.41, 5.74) is -0.203. The number of nitro groups is 1. The Morgan fingerprint density at radius 2 is 2.26 bits per heavy atom. The van der Waals surface area contributed by atoms with E-state index in [-0.39, 0.29) is 11.3 Å². The monoisotopic (exact) mass is 266 g/mol. The Balaban J connectivity index is 2.10. The molecule has 1 fully saturated rings. The van der Waals surface area contributed by atoms with Gasteiger partial charge in [0.15, 0.2) is 0 Å². The summed E-state index contributed by atoms with van der Waals surface area (Å²) in [6.45, 7) is 3.38. The molecule has 19 heavy (non-hydrogen) atoms. The topological polar surface area (TPSA) is 89.3 Å². The van der Waals surface area contributed by atoms with E-state index in [0.717, 1.165) is 19.4 Å². The smallest absolute Gasteiger partial charge is 0.276 e. The molecule has 0 bridgehead atoms. The highest BCUT2D eigenvalue weighted by atomic mass is 16.6. The van der Waals surface area contributed by atoms with Crippen LogP contribution in [0.15, 0.2) is 12.1 Å². The molecule has 1 aromatic heterocycles. The molecule has 7 nitrogen and oxygen atoms in total. The average Bonchev–Trinajstić information content (AvgIpc) is 2.83. The Hall–Kier alpha value is -1.89. The molecular formula is C12H18N4O3. The number of nitrogens with zero attached hydrogens (tertiary/aromatic N) is 2. The molecule has 1 aliphatic rings. The average molecular weight is 266 g/mol. The van der Waals surface area contributed by atoms with Crippen LogP contribution in [0.2, 0.25) is 0 Å². The van der Waals surface area contributed by atoms with Crippen molar-refractivity contribution in [3.8, 4) is 0 Å². The summed E-state index contributed by atoms with van der Waals surface area (Å²) in [5, 5.41) is 16.8. The lowest BCUT2D eigenvalue weighted by molar-refractivity contribution is -0.384. The summed E-state index contributed by atoms with van der Waals surface area (Å²) < 4.78 is 5.66. The lowest BCUT2D eigenvalue weighted by Gasteiger charge is -2.23. The molecule has 1 saturated heterocycles. The van der Waals surface area contributed by atoms with Crippen molar-refractivity contribution in [1.82, 2.24) is 4.98 Å². The molecule has 0 aromatic carbocycles. The number of rotatable bonds is 5. The lowest BCUT2D eigenvalue weighted by atomic mass is 10.0. The first-order chi connectivity index (χ1) is 9.02. The van der Waals surface area contributed by atoms with E-state index in [0.29, 0.717) is 18.2 Å². The molecule has 0 aliphatic carbocycles. The van der Waals surface area contributed by atoms with Crippen molar-refractivity contribution in [3.05, 3.63) is 22.2 Å². The maximum atomic E-state index is 10.8. The minimum atomic E-state index is -0.429. The first kappa shape index (κ1) is 13.5. The Kier molecular flexibility index (Phi) is 3.84. The zero-order chi connectivity index (χ0) is 13.9. The maximum absolute atomic E-state index is 10.8. The van der Waals surface area contributed by atoms with E-state index >= 15 is 0 Å². The Morgan fingerprint density at radius 1 is 1.53 bits per heavy atom. The van der Waals surface area contributed by atoms with E-state index in [1.54, 1.807) is 7.05 Å². The SMILES string of the molecule is CNc1cc([N+](=O)[O-])cc(NCC2(C)CCCO2)n1. The molecular weight excluding hydrogens is 248 g/mol. The Morgan fingerprint density at radius 3 is 2.84 bits per heavy atom. The van der Waals surface area contributed by atoms with Gasteiger partial charge in [-0.2, -0.15) is 0 Å². The molecule has 7 heteroatoms. The van der Waals surface area contributed by atoms with Crippen LogP contribution < -0.4 is 10.6 Å². The van der Waals surface area contributed by atoms with Crippen molar-refractivity contribution in [2.24, 2.45) is 0 Å². The molecule has 1 unspecified atom stereocenters. The number of anilines is 2. The van der Waals surface area contributed by atoms with Gasteiger partial charge in [0.05, 0.1) is 22.7 Å². The van der Waals surface area contributed by atoms with Gasteiger partial charge in [-0.3, -0.25) is 10.1 Å². The molecule has 1 aliphatic heterocycles. The van der Waals surface area contributed by atoms with Gasteiger partial charge in [-0.25, -0.2) is 4.98 Å². The van der Waals surface area contributed by atoms with Gasteiger partial charge in [-0.1, -0.05) is 0 Å². The van der Waals surface area contributed by atoms with E-state index in [1.807, 2.05) is 6.92 Å². The van der Waals surface area contributed by atoms with Gasteiger partial charge < -0.3 is 15.4 Å². The van der Waals surface area contributed by atoms with Gasteiger partial charge in [0.25, 0.3) is 5.69 Å². The normalized spacial score (nSPS) is 22.2. The Labute approximate surface area is 111 Å². The first-order valence-electron chi connectivity index (χ1n) is 6.24. The summed E-state index contributed by atoms with van der Waals surface area (Å²) >= 11 is 0. The molecule has 0 amide bonds. The maximum Gasteiger partial charge on any atom is 0.276 e. The quantitative estimate of drug-likeness (QED) is 0.626. The van der Waals surface area contributed by atoms with Crippen LogP contribution in [0, 0.1) is 10.1 Å². The predicted molar refractivity (Wildman–Crippen MR) is 72.5 cm³/mol. The van der Waals surface area contributed by atoms with E-state index in [2.05, 4.69) is 15.6 Å². The number of aromatic nitrogens is 1. The summed E-state index contributed by atoms with van der Waals surface area (Å²) in [4.78, 5) is 14.7. The van der Waals surface area contributed by atoms with Crippen molar-refractivity contribution in [2.45, 2.75) is 25.4 Å². The molecule has 0 spiro atoms. The fourth-order valence-corrected chi connectivity index (χ4v) is 2.09. The van der Waals surface area contributed by atoms with Crippen LogP contribution in [0.25, 0.3) is 0 Å². The zero-order valence-electron chi connectivity index (χ0n) is 11.1. The predicted octanol–water partition coefficient (Wildman–Crippen LogP) is 2.01. The van der Waals surface area contributed by atoms with Crippen LogP contribution in [0.4, 0.5) is 17.3 Å². The zero-order valence-corrected chi connectivity index (χ0v) is 11.1. The van der Waals surface area contributed by atoms with Gasteiger partial charge in [0.1, 0.15) is 11.6 Å². The van der Waals surface area contributed by atoms with Crippen LogP contribution in [-0.2, 0) is 4.74 Å². The number of hydrogen-bond acceptors (Lipinski definition) is 6. The van der Waals surface area contributed by atoms with Gasteiger partial charge >= 0.3 is 0 Å². The van der Waals surface area contributed by atoms with Crippen molar-refractivity contribution in [1.29, 1.82) is 0 Å². The van der Waals surface area contributed by atoms with Crippen molar-refractivity contribution < 1.29 is 9.66 Å². The van der Waals surface area contributed by atoms with Crippen LogP contribution in [0.3, 0.4) is 0 Å². The highest BCUT2D eigenvalue weighted by molar-refractivity contribution is 5.54. The third-order valence-corrected chi connectivity index (χ3v) is 3.22. The lowest BCUT2D eigenvalue weighted by Crippen LogP contribution is -2.32. The van der Waals surface area contributed by atoms with E-state index in [1.165, 1.54) is 12.1 Å². The van der Waals surface area contributed by atoms with Crippen LogP contribution in [0.5, 0.6) is 0 Å². The largest absolute Gasteiger partial charge is 0.373 e. The standard InChI is InChI=1S/C12H18N4O3/c1-12(4-3-5-19-12)8-14-11-7-9(16(17)18)6-10(13-2)15-11/h6-7H,3-5,8H2,1-2H3,(H2,13,14,15). The van der Waals surface area contributed by atoms with Gasteiger partial charge in [-0.15, -0.1) is 0 Å². The molecule has 2 rings (SSSR count). The second-order valence-corrected chi connectivity index (χ2v) is 4.86. The molecule has 104 valence electrons. The summed E-state index contributed by atoms with van der Waals surface area (Å²) in [7, 11) is 1.68. The van der Waals surface area contributed by atoms with E-state index in [4.69, 9.17) is 4.74 Å². The van der Waals surface area contributed by atoms with Gasteiger partial charge in [-0.05, 0) is 19.8 Å². The highest BCUT2D eigenvalue weighted by Gasteiger charge is 2.29. The van der Waals surface area contributed by atoms with E-state index < -0.39 is 4.92 Å². The second kappa shape index (κ2) is 5.40. The number of ether oxygens (including phenoxy) is 1. The highest BCUT2D eigenvalue weighted by Crippen LogP contribution is 2.26. The molecule has 1 atom stereocenters. The van der Waals surface area contributed by atoms with Gasteiger partial charge in [0, 0.05) is 20.2 Å². The molecule has 0 saturated carbocycles. The fourth-order valence-electron chi connectivity index (χ4n) is 2.09. The van der Waals surface area contributed by atoms with Crippen molar-refractivity contribution >= 4 is 17.3 Å². The van der Waals surface area contributed by atoms with Crippen LogP contribution >= 0.6 is 0 Å². The number of hydrogen-bond donors (Lipinski definition) is 2. The minimum Gasteiger partial charge on any atom is -0.373 e. The molecule has 2 N–H and O–H groups in total. The summed E-state index contributed by atoms with van der Waals surface area (Å²) in [5.74, 6) is 0.949. The van der Waals surface area contributed by atoms with Crippen LogP contribution in [-0.4, -0.2) is 35.7 Å². The summed E-state index contributed by atoms with van der Waals surface area (Å²) in [6.07, 6.45) is 2.02.